The molecule has 0 saturated carbocycles. The molecule has 0 aromatic heterocycles. The summed E-state index contributed by atoms with van der Waals surface area (Å²) in [5.74, 6) is -1.78. The molecule has 0 radical (unpaired) electrons. The number of halogens is 1. The van der Waals surface area contributed by atoms with Crippen LogP contribution in [0.4, 0.5) is 4.39 Å². The zero-order valence-corrected chi connectivity index (χ0v) is 7.57. The predicted octanol–water partition coefficient (Wildman–Crippen LogP) is 0.351. The lowest BCUT2D eigenvalue weighted by Gasteiger charge is -2.03. The van der Waals surface area contributed by atoms with Crippen LogP contribution in [-0.4, -0.2) is 11.9 Å². The normalized spacial score (nSPS) is 10.5. The minimum absolute atomic E-state index is 0.159. The van der Waals surface area contributed by atoms with Crippen LogP contribution in [-0.2, 0) is 0 Å². The largest absolute Gasteiger partial charge is 0.369 e. The maximum atomic E-state index is 13.1. The van der Waals surface area contributed by atoms with Crippen LogP contribution >= 0.6 is 0 Å². The van der Waals surface area contributed by atoms with Crippen molar-refractivity contribution in [2.24, 2.45) is 10.7 Å². The third kappa shape index (κ3) is 2.77. The van der Waals surface area contributed by atoms with E-state index in [1.807, 2.05) is 0 Å². The van der Waals surface area contributed by atoms with E-state index in [9.17, 15) is 9.18 Å². The van der Waals surface area contributed by atoms with Crippen molar-refractivity contribution in [2.45, 2.75) is 0 Å². The summed E-state index contributed by atoms with van der Waals surface area (Å²) >= 11 is 0. The van der Waals surface area contributed by atoms with Gasteiger partial charge in [0.15, 0.2) is 0 Å². The molecule has 0 spiro atoms. The Labute approximate surface area is 85.0 Å². The number of aliphatic imine (C=N–C) groups is 1. The quantitative estimate of drug-likeness (QED) is 0.394. The second-order valence-electron chi connectivity index (χ2n) is 2.53. The van der Waals surface area contributed by atoms with Crippen molar-refractivity contribution in [1.29, 1.82) is 5.26 Å². The van der Waals surface area contributed by atoms with Gasteiger partial charge in [-0.05, 0) is 12.1 Å². The Kier molecular flexibility index (Phi) is 3.35. The summed E-state index contributed by atoms with van der Waals surface area (Å²) in [6.07, 6.45) is 1.39. The fourth-order valence-electron chi connectivity index (χ4n) is 0.911. The van der Waals surface area contributed by atoms with Crippen molar-refractivity contribution in [3.63, 3.8) is 0 Å². The number of amides is 1. The second kappa shape index (κ2) is 4.72. The zero-order valence-electron chi connectivity index (χ0n) is 7.57. The first-order chi connectivity index (χ1) is 7.15. The second-order valence-corrected chi connectivity index (χ2v) is 2.53. The Bertz CT molecular complexity index is 450. The molecule has 0 aliphatic rings. The smallest absolute Gasteiger partial charge is 0.260 e. The minimum atomic E-state index is -0.746. The lowest BCUT2D eigenvalue weighted by Crippen LogP contribution is -2.36. The zero-order chi connectivity index (χ0) is 11.3. The molecule has 1 aromatic rings. The van der Waals surface area contributed by atoms with Gasteiger partial charge < -0.3 is 5.73 Å². The Morgan fingerprint density at radius 2 is 2.20 bits per heavy atom. The number of hydrogen-bond donors (Lipinski definition) is 2. The Morgan fingerprint density at radius 1 is 1.53 bits per heavy atom. The van der Waals surface area contributed by atoms with E-state index in [4.69, 9.17) is 11.0 Å². The molecule has 3 N–H and O–H groups in total. The number of guanidine groups is 1. The molecule has 0 heterocycles. The summed E-state index contributed by atoms with van der Waals surface area (Å²) < 4.78 is 13.1. The lowest BCUT2D eigenvalue weighted by atomic mass is 10.2. The highest BCUT2D eigenvalue weighted by molar-refractivity contribution is 6.05. The van der Waals surface area contributed by atoms with E-state index in [2.05, 4.69) is 10.3 Å². The van der Waals surface area contributed by atoms with Crippen molar-refractivity contribution < 1.29 is 9.18 Å². The van der Waals surface area contributed by atoms with Crippen molar-refractivity contribution in [1.82, 2.24) is 5.32 Å². The van der Waals surface area contributed by atoms with Crippen LogP contribution < -0.4 is 11.1 Å². The fourth-order valence-corrected chi connectivity index (χ4v) is 0.911. The first-order valence-electron chi connectivity index (χ1n) is 3.93. The molecule has 0 saturated heterocycles. The van der Waals surface area contributed by atoms with Crippen LogP contribution in [0.25, 0.3) is 0 Å². The number of carbonyl (C=O) groups is 1. The molecule has 0 atom stereocenters. The van der Waals surface area contributed by atoms with Gasteiger partial charge in [0.1, 0.15) is 5.82 Å². The Morgan fingerprint density at radius 3 is 2.80 bits per heavy atom. The van der Waals surface area contributed by atoms with Crippen LogP contribution in [0.15, 0.2) is 29.3 Å². The molecule has 1 aromatic carbocycles. The predicted molar refractivity (Wildman–Crippen MR) is 51.1 cm³/mol. The molecule has 76 valence electrons. The van der Waals surface area contributed by atoms with Gasteiger partial charge in [-0.25, -0.2) is 4.39 Å². The molecule has 0 bridgehead atoms. The van der Waals surface area contributed by atoms with E-state index in [1.165, 1.54) is 24.4 Å². The number of nitrogens with one attached hydrogen (secondary N) is 1. The van der Waals surface area contributed by atoms with E-state index in [1.54, 1.807) is 0 Å². The van der Waals surface area contributed by atoms with Gasteiger partial charge in [-0.2, -0.15) is 5.26 Å². The number of carbonyl (C=O) groups excluding carboxylic acids is 1. The first kappa shape index (κ1) is 10.7. The van der Waals surface area contributed by atoms with Crippen molar-refractivity contribution in [3.05, 3.63) is 35.6 Å². The van der Waals surface area contributed by atoms with Gasteiger partial charge in [-0.15, -0.1) is 4.99 Å². The average molecular weight is 206 g/mol. The summed E-state index contributed by atoms with van der Waals surface area (Å²) in [4.78, 5) is 14.4. The van der Waals surface area contributed by atoms with E-state index < -0.39 is 11.7 Å². The third-order valence-electron chi connectivity index (χ3n) is 1.53. The van der Waals surface area contributed by atoms with Gasteiger partial charge in [0.25, 0.3) is 5.91 Å². The molecular formula is C9H7FN4O. The van der Waals surface area contributed by atoms with E-state index in [-0.39, 0.29) is 11.5 Å². The van der Waals surface area contributed by atoms with Gasteiger partial charge >= 0.3 is 0 Å². The molecule has 1 amide bonds. The number of nitrogens with two attached hydrogens (primary N) is 1. The third-order valence-corrected chi connectivity index (χ3v) is 1.53. The number of nitriles is 1. The van der Waals surface area contributed by atoms with Crippen molar-refractivity contribution in [3.8, 4) is 6.19 Å². The summed E-state index contributed by atoms with van der Waals surface area (Å²) in [6, 6.07) is 5.41. The molecule has 15 heavy (non-hydrogen) atoms. The maximum Gasteiger partial charge on any atom is 0.260 e. The SMILES string of the molecule is N#CN=C(N)NC(=O)c1ccccc1F. The Balaban J connectivity index is 2.84. The lowest BCUT2D eigenvalue weighted by molar-refractivity contribution is 0.0973. The molecule has 0 unspecified atom stereocenters. The van der Waals surface area contributed by atoms with Crippen LogP contribution in [0.2, 0.25) is 0 Å². The topological polar surface area (TPSA) is 91.3 Å². The van der Waals surface area contributed by atoms with Crippen LogP contribution in [0.1, 0.15) is 10.4 Å². The minimum Gasteiger partial charge on any atom is -0.369 e. The standard InChI is InChI=1S/C9H7FN4O/c10-7-4-2-1-3-6(7)8(15)14-9(12)13-5-11/h1-4H,(H3,12,13,14,15). The highest BCUT2D eigenvalue weighted by atomic mass is 19.1. The summed E-state index contributed by atoms with van der Waals surface area (Å²) in [6.45, 7) is 0. The molecule has 0 aliphatic carbocycles. The number of hydrogen-bond acceptors (Lipinski definition) is 3. The van der Waals surface area contributed by atoms with E-state index in [0.717, 1.165) is 6.07 Å². The van der Waals surface area contributed by atoms with Gasteiger partial charge in [0, 0.05) is 0 Å². The molecule has 0 fully saturated rings. The number of rotatable bonds is 1. The van der Waals surface area contributed by atoms with Gasteiger partial charge in [0.2, 0.25) is 12.2 Å². The highest BCUT2D eigenvalue weighted by Gasteiger charge is 2.10. The monoisotopic (exact) mass is 206 g/mol. The molecule has 1 rings (SSSR count). The van der Waals surface area contributed by atoms with Gasteiger partial charge in [0.05, 0.1) is 5.56 Å². The molecule has 0 aliphatic heterocycles. The van der Waals surface area contributed by atoms with Gasteiger partial charge in [-0.3, -0.25) is 10.1 Å². The molecule has 6 heteroatoms. The summed E-state index contributed by atoms with van der Waals surface area (Å²) in [7, 11) is 0. The van der Waals surface area contributed by atoms with Crippen LogP contribution in [0, 0.1) is 17.3 Å². The van der Waals surface area contributed by atoms with Crippen molar-refractivity contribution >= 4 is 11.9 Å². The van der Waals surface area contributed by atoms with E-state index >= 15 is 0 Å². The summed E-state index contributed by atoms with van der Waals surface area (Å²) in [5, 5.41) is 10.2. The molecular weight excluding hydrogens is 199 g/mol. The van der Waals surface area contributed by atoms with Crippen molar-refractivity contribution in [2.75, 3.05) is 0 Å². The average Bonchev–Trinajstić information content (AvgIpc) is 2.18. The Hall–Kier alpha value is -2.42. The first-order valence-corrected chi connectivity index (χ1v) is 3.93. The number of nitrogens with zero attached hydrogens (tertiary/aromatic N) is 2. The maximum absolute atomic E-state index is 13.1. The molecule has 5 nitrogen and oxygen atoms in total. The fraction of sp³-hybridized carbons (Fsp3) is 0. The summed E-state index contributed by atoms with van der Waals surface area (Å²) in [5.41, 5.74) is 4.99. The van der Waals surface area contributed by atoms with E-state index in [0.29, 0.717) is 0 Å². The highest BCUT2D eigenvalue weighted by Crippen LogP contribution is 2.05. The number of benzene rings is 1. The van der Waals surface area contributed by atoms with Crippen LogP contribution in [0.3, 0.4) is 0 Å². The van der Waals surface area contributed by atoms with Gasteiger partial charge in [-0.1, -0.05) is 12.1 Å². The van der Waals surface area contributed by atoms with Crippen LogP contribution in [0.5, 0.6) is 0 Å².